The summed E-state index contributed by atoms with van der Waals surface area (Å²) in [5.74, 6) is 1.48. The summed E-state index contributed by atoms with van der Waals surface area (Å²) in [6, 6.07) is 13.6. The monoisotopic (exact) mass is 421 g/mol. The molecule has 0 aliphatic heterocycles. The third-order valence-corrected chi connectivity index (χ3v) is 6.77. The molecule has 0 spiro atoms. The van der Waals surface area contributed by atoms with Crippen molar-refractivity contribution in [3.8, 4) is 0 Å². The normalized spacial score (nSPS) is 13.3. The lowest BCUT2D eigenvalue weighted by Gasteiger charge is -2.13. The fourth-order valence-electron chi connectivity index (χ4n) is 2.82. The summed E-state index contributed by atoms with van der Waals surface area (Å²) in [5, 5.41) is 8.57. The van der Waals surface area contributed by atoms with Gasteiger partial charge in [0.2, 0.25) is 0 Å². The van der Waals surface area contributed by atoms with Crippen molar-refractivity contribution in [1.29, 1.82) is 0 Å². The van der Waals surface area contributed by atoms with Gasteiger partial charge in [-0.2, -0.15) is 0 Å². The van der Waals surface area contributed by atoms with Gasteiger partial charge in [-0.25, -0.2) is 8.42 Å². The molecule has 0 fully saturated rings. The second-order valence-electron chi connectivity index (χ2n) is 6.97. The van der Waals surface area contributed by atoms with Crippen molar-refractivity contribution < 1.29 is 8.42 Å². The van der Waals surface area contributed by atoms with Crippen LogP contribution in [0.1, 0.15) is 30.7 Å². The van der Waals surface area contributed by atoms with Crippen LogP contribution in [0.3, 0.4) is 0 Å². The highest BCUT2D eigenvalue weighted by Gasteiger charge is 2.12. The smallest absolute Gasteiger partial charge is 0.191 e. The summed E-state index contributed by atoms with van der Waals surface area (Å²) in [7, 11) is -3.10. The number of hydrogen-bond donors (Lipinski definition) is 2. The van der Waals surface area contributed by atoms with Crippen molar-refractivity contribution in [2.24, 2.45) is 10.9 Å². The highest BCUT2D eigenvalue weighted by Crippen LogP contribution is 2.14. The first kappa shape index (κ1) is 22.4. The number of thiophene rings is 1. The van der Waals surface area contributed by atoms with E-state index >= 15 is 0 Å². The molecule has 7 heteroatoms. The maximum absolute atomic E-state index is 12.3. The number of nitrogens with zero attached hydrogens (tertiary/aromatic N) is 1. The van der Waals surface area contributed by atoms with Crippen molar-refractivity contribution in [3.63, 3.8) is 0 Å². The van der Waals surface area contributed by atoms with Gasteiger partial charge in [-0.3, -0.25) is 4.99 Å². The van der Waals surface area contributed by atoms with Crippen LogP contribution in [0.2, 0.25) is 0 Å². The Bertz CT molecular complexity index is 803. The molecule has 0 radical (unpaired) electrons. The largest absolute Gasteiger partial charge is 0.357 e. The van der Waals surface area contributed by atoms with E-state index in [0.29, 0.717) is 18.9 Å². The molecule has 154 valence electrons. The van der Waals surface area contributed by atoms with Crippen LogP contribution in [0.15, 0.2) is 52.8 Å². The average Bonchev–Trinajstić information content (AvgIpc) is 3.16. The molecule has 0 saturated carbocycles. The van der Waals surface area contributed by atoms with Crippen LogP contribution < -0.4 is 10.6 Å². The van der Waals surface area contributed by atoms with Crippen LogP contribution in [0.25, 0.3) is 0 Å². The summed E-state index contributed by atoms with van der Waals surface area (Å²) < 4.78 is 24.5. The third-order valence-electron chi connectivity index (χ3n) is 4.19. The van der Waals surface area contributed by atoms with Crippen molar-refractivity contribution >= 4 is 27.1 Å². The number of nitrogens with one attached hydrogen (secondary N) is 2. The lowest BCUT2D eigenvalue weighted by molar-refractivity contribution is 0.589. The Morgan fingerprint density at radius 2 is 1.93 bits per heavy atom. The second kappa shape index (κ2) is 11.9. The molecule has 1 aromatic carbocycles. The summed E-state index contributed by atoms with van der Waals surface area (Å²) in [6.07, 6.45) is 1.59. The number of hydrogen-bond acceptors (Lipinski definition) is 4. The summed E-state index contributed by atoms with van der Waals surface area (Å²) in [5.41, 5.74) is 0.838. The van der Waals surface area contributed by atoms with E-state index in [-0.39, 0.29) is 11.5 Å². The van der Waals surface area contributed by atoms with Crippen molar-refractivity contribution in [1.82, 2.24) is 10.6 Å². The highest BCUT2D eigenvalue weighted by atomic mass is 32.2. The molecule has 0 amide bonds. The zero-order chi connectivity index (χ0) is 20.2. The van der Waals surface area contributed by atoms with Gasteiger partial charge in [-0.05, 0) is 42.7 Å². The molecule has 1 atom stereocenters. The molecular weight excluding hydrogens is 390 g/mol. The van der Waals surface area contributed by atoms with E-state index < -0.39 is 9.84 Å². The molecule has 28 heavy (non-hydrogen) atoms. The minimum atomic E-state index is -3.10. The predicted octanol–water partition coefficient (Wildman–Crippen LogP) is 3.49. The molecule has 2 rings (SSSR count). The van der Waals surface area contributed by atoms with E-state index in [1.165, 1.54) is 4.88 Å². The Morgan fingerprint density at radius 3 is 2.61 bits per heavy atom. The van der Waals surface area contributed by atoms with Gasteiger partial charge in [0.1, 0.15) is 0 Å². The van der Waals surface area contributed by atoms with Gasteiger partial charge in [-0.15, -0.1) is 11.3 Å². The standard InChI is InChI=1S/C21H31N3O2S2/c1-3-22-21(24-16-18(2)15-20-11-7-13-27-20)23-12-8-14-28(25,26)17-19-9-5-4-6-10-19/h4-7,9-11,13,18H,3,8,12,14-17H2,1-2H3,(H2,22,23,24). The van der Waals surface area contributed by atoms with E-state index in [1.54, 1.807) is 11.3 Å². The Morgan fingerprint density at radius 1 is 1.14 bits per heavy atom. The predicted molar refractivity (Wildman–Crippen MR) is 120 cm³/mol. The number of sulfone groups is 1. The topological polar surface area (TPSA) is 70.6 Å². The Kier molecular flexibility index (Phi) is 9.50. The number of rotatable bonds is 11. The molecule has 1 unspecified atom stereocenters. The van der Waals surface area contributed by atoms with Gasteiger partial charge in [0, 0.05) is 24.5 Å². The second-order valence-corrected chi connectivity index (χ2v) is 10.2. The molecule has 0 bridgehead atoms. The zero-order valence-corrected chi connectivity index (χ0v) is 18.4. The fraction of sp³-hybridized carbons (Fsp3) is 0.476. The van der Waals surface area contributed by atoms with Gasteiger partial charge in [0.15, 0.2) is 15.8 Å². The number of benzene rings is 1. The van der Waals surface area contributed by atoms with Gasteiger partial charge < -0.3 is 10.6 Å². The average molecular weight is 422 g/mol. The first-order chi connectivity index (χ1) is 13.5. The molecular formula is C21H31N3O2S2. The fourth-order valence-corrected chi connectivity index (χ4v) is 5.12. The zero-order valence-electron chi connectivity index (χ0n) is 16.7. The molecule has 5 nitrogen and oxygen atoms in total. The Labute approximate surface area is 173 Å². The number of aliphatic imine (C=N–C) groups is 1. The van der Waals surface area contributed by atoms with Crippen molar-refractivity contribution in [3.05, 3.63) is 58.3 Å². The maximum atomic E-state index is 12.3. The molecule has 1 aromatic heterocycles. The van der Waals surface area contributed by atoms with Crippen LogP contribution in [-0.2, 0) is 22.0 Å². The summed E-state index contributed by atoms with van der Waals surface area (Å²) >= 11 is 1.78. The molecule has 0 aliphatic carbocycles. The van der Waals surface area contributed by atoms with Crippen molar-refractivity contribution in [2.45, 2.75) is 32.4 Å². The van der Waals surface area contributed by atoms with Gasteiger partial charge in [-0.1, -0.05) is 43.3 Å². The van der Waals surface area contributed by atoms with Gasteiger partial charge in [0.25, 0.3) is 0 Å². The van der Waals surface area contributed by atoms with E-state index in [4.69, 9.17) is 0 Å². The van der Waals surface area contributed by atoms with Crippen LogP contribution in [0.5, 0.6) is 0 Å². The minimum Gasteiger partial charge on any atom is -0.357 e. The Hall–Kier alpha value is -1.86. The SMILES string of the molecule is CCNC(=NCC(C)Cc1cccs1)NCCCS(=O)(=O)Cc1ccccc1. The van der Waals surface area contributed by atoms with Crippen LogP contribution in [-0.4, -0.2) is 39.8 Å². The van der Waals surface area contributed by atoms with Crippen LogP contribution in [0.4, 0.5) is 0 Å². The van der Waals surface area contributed by atoms with Crippen LogP contribution >= 0.6 is 11.3 Å². The number of guanidine groups is 1. The quantitative estimate of drug-likeness (QED) is 0.331. The molecule has 2 N–H and O–H groups in total. The first-order valence-electron chi connectivity index (χ1n) is 9.77. The van der Waals surface area contributed by atoms with Crippen LogP contribution in [0, 0.1) is 5.92 Å². The highest BCUT2D eigenvalue weighted by molar-refractivity contribution is 7.90. The van der Waals surface area contributed by atoms with E-state index in [0.717, 1.165) is 31.0 Å². The maximum Gasteiger partial charge on any atom is 0.191 e. The van der Waals surface area contributed by atoms with Gasteiger partial charge >= 0.3 is 0 Å². The lowest BCUT2D eigenvalue weighted by Crippen LogP contribution is -2.38. The molecule has 0 aliphatic rings. The molecule has 0 saturated heterocycles. The first-order valence-corrected chi connectivity index (χ1v) is 12.5. The van der Waals surface area contributed by atoms with Crippen molar-refractivity contribution in [2.75, 3.05) is 25.4 Å². The van der Waals surface area contributed by atoms with Gasteiger partial charge in [0.05, 0.1) is 11.5 Å². The van der Waals surface area contributed by atoms with E-state index in [1.807, 2.05) is 37.3 Å². The van der Waals surface area contributed by atoms with E-state index in [9.17, 15) is 8.42 Å². The molecule has 1 heterocycles. The summed E-state index contributed by atoms with van der Waals surface area (Å²) in [6.45, 7) is 6.32. The molecule has 2 aromatic rings. The minimum absolute atomic E-state index is 0.0994. The van der Waals surface area contributed by atoms with E-state index in [2.05, 4.69) is 40.1 Å². The summed E-state index contributed by atoms with van der Waals surface area (Å²) in [4.78, 5) is 6.02. The Balaban J connectivity index is 1.74. The third kappa shape index (κ3) is 8.89. The lowest BCUT2D eigenvalue weighted by atomic mass is 10.1.